The molecule has 17 heteroatoms. The molecular weight excluding hydrogens is 677 g/mol. The van der Waals surface area contributed by atoms with Gasteiger partial charge >= 0.3 is 11.9 Å². The topological polar surface area (TPSA) is 238 Å². The van der Waals surface area contributed by atoms with Gasteiger partial charge in [0.2, 0.25) is 29.9 Å². The van der Waals surface area contributed by atoms with E-state index in [1.165, 1.54) is 25.1 Å². The van der Waals surface area contributed by atoms with Crippen LogP contribution in [0.2, 0.25) is 0 Å². The van der Waals surface area contributed by atoms with Gasteiger partial charge in [-0.05, 0) is 17.7 Å². The van der Waals surface area contributed by atoms with Crippen molar-refractivity contribution >= 4 is 63.8 Å². The molecule has 6 atom stereocenters. The van der Waals surface area contributed by atoms with Crippen LogP contribution in [0.25, 0.3) is 0 Å². The summed E-state index contributed by atoms with van der Waals surface area (Å²) in [5, 5.41) is 44.6. The lowest BCUT2D eigenvalue weighted by atomic mass is 9.99. The third-order valence-corrected chi connectivity index (χ3v) is 7.22. The number of carboxylic acid groups (broad SMARTS) is 1. The number of aliphatic carboxylic acids is 1. The monoisotopic (exact) mass is 707 g/mol. The summed E-state index contributed by atoms with van der Waals surface area (Å²) >= 11 is 1.87. The van der Waals surface area contributed by atoms with Crippen molar-refractivity contribution in [2.75, 3.05) is 18.4 Å². The number of hydrogen-bond acceptors (Lipinski definition) is 12. The van der Waals surface area contributed by atoms with E-state index in [1.807, 2.05) is 22.6 Å². The number of carbonyl (C=O) groups excluding carboxylic acids is 5. The predicted molar refractivity (Wildman–Crippen MR) is 147 cm³/mol. The second-order valence-electron chi connectivity index (χ2n) is 9.42. The fourth-order valence-electron chi connectivity index (χ4n) is 4.03. The number of nitrogens with zero attached hydrogens (tertiary/aromatic N) is 1. The Bertz CT molecular complexity index is 1230. The summed E-state index contributed by atoms with van der Waals surface area (Å²) in [6, 6.07) is 4.16. The summed E-state index contributed by atoms with van der Waals surface area (Å²) < 4.78 is 15.2. The lowest BCUT2D eigenvalue weighted by molar-refractivity contribution is -0.271. The maximum atomic E-state index is 12.7. The highest BCUT2D eigenvalue weighted by molar-refractivity contribution is 14.1. The first-order chi connectivity index (χ1) is 19.8. The second-order valence-corrected chi connectivity index (χ2v) is 10.9. The Morgan fingerprint density at radius 2 is 1.79 bits per heavy atom. The quantitative estimate of drug-likeness (QED) is 0.0623. The molecule has 4 amide bonds. The van der Waals surface area contributed by atoms with E-state index in [2.05, 4.69) is 10.6 Å². The molecule has 1 unspecified atom stereocenters. The first-order valence-electron chi connectivity index (χ1n) is 12.7. The molecule has 0 aromatic heterocycles. The summed E-state index contributed by atoms with van der Waals surface area (Å²) in [6.07, 6.45) is -9.64. The molecule has 0 spiro atoms. The molecule has 2 aliphatic rings. The SMILES string of the molecule is CC(=O)OCc1ccc(O[C@@H]2O[C@H](C(=O)O)[C@@H](O)[C@H](O)[C@H]2O)c(NC(=O)CCNC(=O)CCN2C(=O)CC(I)C2=O)c1. The minimum Gasteiger partial charge on any atom is -0.479 e. The Hall–Kier alpha value is -3.39. The van der Waals surface area contributed by atoms with Gasteiger partial charge in [0.05, 0.1) is 9.61 Å². The Morgan fingerprint density at radius 3 is 2.40 bits per heavy atom. The summed E-state index contributed by atoms with van der Waals surface area (Å²) in [6.45, 7) is 0.869. The number of esters is 1. The number of aliphatic hydroxyl groups excluding tert-OH is 3. The van der Waals surface area contributed by atoms with Gasteiger partial charge in [0.1, 0.15) is 30.7 Å². The number of halogens is 1. The molecule has 0 bridgehead atoms. The van der Waals surface area contributed by atoms with Gasteiger partial charge in [0.25, 0.3) is 0 Å². The van der Waals surface area contributed by atoms with Crippen LogP contribution in [0.5, 0.6) is 5.75 Å². The zero-order valence-corrected chi connectivity index (χ0v) is 24.4. The fourth-order valence-corrected chi connectivity index (χ4v) is 4.75. The number of benzene rings is 1. The van der Waals surface area contributed by atoms with Crippen LogP contribution in [0.15, 0.2) is 18.2 Å². The minimum atomic E-state index is -1.93. The molecule has 6 N–H and O–H groups in total. The number of imide groups is 1. The number of hydrogen-bond donors (Lipinski definition) is 6. The third-order valence-electron chi connectivity index (χ3n) is 6.24. The lowest BCUT2D eigenvalue weighted by Gasteiger charge is -2.38. The van der Waals surface area contributed by atoms with Gasteiger partial charge in [0.15, 0.2) is 6.10 Å². The first-order valence-corrected chi connectivity index (χ1v) is 13.9. The summed E-state index contributed by atoms with van der Waals surface area (Å²) in [7, 11) is 0. The Balaban J connectivity index is 1.62. The van der Waals surface area contributed by atoms with Gasteiger partial charge in [-0.15, -0.1) is 0 Å². The summed E-state index contributed by atoms with van der Waals surface area (Å²) in [5.41, 5.74) is 0.420. The van der Waals surface area contributed by atoms with Crippen LogP contribution < -0.4 is 15.4 Å². The number of anilines is 1. The zero-order valence-electron chi connectivity index (χ0n) is 22.2. The van der Waals surface area contributed by atoms with Crippen molar-refractivity contribution < 1.29 is 63.4 Å². The number of aliphatic hydroxyl groups is 3. The number of ether oxygens (including phenoxy) is 3. The minimum absolute atomic E-state index is 0.00123. The number of nitrogens with one attached hydrogen (secondary N) is 2. The van der Waals surface area contributed by atoms with E-state index in [-0.39, 0.29) is 62.2 Å². The Labute approximate surface area is 252 Å². The van der Waals surface area contributed by atoms with Crippen molar-refractivity contribution in [3.8, 4) is 5.75 Å². The number of carboxylic acids is 1. The predicted octanol–water partition coefficient (Wildman–Crippen LogP) is -1.58. The van der Waals surface area contributed by atoms with Crippen LogP contribution in [0, 0.1) is 0 Å². The van der Waals surface area contributed by atoms with Crippen molar-refractivity contribution in [3.05, 3.63) is 23.8 Å². The molecule has 1 aromatic rings. The van der Waals surface area contributed by atoms with E-state index in [0.29, 0.717) is 5.56 Å². The average Bonchev–Trinajstić information content (AvgIpc) is 3.17. The van der Waals surface area contributed by atoms with E-state index < -0.39 is 58.4 Å². The summed E-state index contributed by atoms with van der Waals surface area (Å²) in [4.78, 5) is 72.3. The van der Waals surface area contributed by atoms with Crippen molar-refractivity contribution in [1.82, 2.24) is 10.2 Å². The Morgan fingerprint density at radius 1 is 1.07 bits per heavy atom. The van der Waals surface area contributed by atoms with Crippen molar-refractivity contribution in [2.24, 2.45) is 0 Å². The number of likely N-dealkylation sites (tertiary alicyclic amines) is 1. The van der Waals surface area contributed by atoms with Gasteiger partial charge in [-0.3, -0.25) is 28.9 Å². The molecule has 16 nitrogen and oxygen atoms in total. The van der Waals surface area contributed by atoms with Crippen LogP contribution in [-0.2, 0) is 44.8 Å². The van der Waals surface area contributed by atoms with Gasteiger partial charge in [-0.2, -0.15) is 0 Å². The molecule has 0 saturated carbocycles. The second kappa shape index (κ2) is 14.7. The summed E-state index contributed by atoms with van der Waals surface area (Å²) in [5.74, 6) is -4.08. The molecule has 3 rings (SSSR count). The highest BCUT2D eigenvalue weighted by Crippen LogP contribution is 2.31. The molecule has 2 fully saturated rings. The number of rotatable bonds is 12. The van der Waals surface area contributed by atoms with E-state index in [9.17, 15) is 49.2 Å². The third kappa shape index (κ3) is 8.57. The van der Waals surface area contributed by atoms with Crippen molar-refractivity contribution in [2.45, 2.75) is 67.4 Å². The normalized spacial score (nSPS) is 25.6. The van der Waals surface area contributed by atoms with Gasteiger partial charge < -0.3 is 45.3 Å². The van der Waals surface area contributed by atoms with E-state index in [4.69, 9.17) is 14.2 Å². The van der Waals surface area contributed by atoms with E-state index in [0.717, 1.165) is 4.90 Å². The molecule has 2 aliphatic heterocycles. The van der Waals surface area contributed by atoms with Gasteiger partial charge in [-0.25, -0.2) is 4.79 Å². The van der Waals surface area contributed by atoms with Crippen LogP contribution in [-0.4, -0.2) is 109 Å². The van der Waals surface area contributed by atoms with Crippen LogP contribution in [0.3, 0.4) is 0 Å². The molecule has 230 valence electrons. The average molecular weight is 707 g/mol. The lowest BCUT2D eigenvalue weighted by Crippen LogP contribution is -2.61. The van der Waals surface area contributed by atoms with E-state index in [1.54, 1.807) is 0 Å². The number of amides is 4. The standard InChI is InChI=1S/C25H30IN3O13/c1-11(30)40-10-12-2-3-15(41-25-21(36)19(34)20(35)22(42-25)24(38)39)14(8-12)28-17(32)4-6-27-16(31)5-7-29-18(33)9-13(26)23(29)37/h2-3,8,13,19-22,25,34-36H,4-7,9-10H2,1H3,(H,27,31)(H,28,32)(H,38,39)/t13?,19-,20-,21+,22-,25+/m0/s1. The van der Waals surface area contributed by atoms with Gasteiger partial charge in [-0.1, -0.05) is 28.7 Å². The largest absolute Gasteiger partial charge is 0.479 e. The fraction of sp³-hybridized carbons (Fsp3) is 0.520. The maximum absolute atomic E-state index is 12.7. The Kier molecular flexibility index (Phi) is 11.6. The molecule has 0 radical (unpaired) electrons. The highest BCUT2D eigenvalue weighted by atomic mass is 127. The van der Waals surface area contributed by atoms with Crippen molar-refractivity contribution in [3.63, 3.8) is 0 Å². The van der Waals surface area contributed by atoms with E-state index >= 15 is 0 Å². The molecular formula is C25H30IN3O13. The zero-order chi connectivity index (χ0) is 31.1. The molecule has 2 saturated heterocycles. The number of carbonyl (C=O) groups is 6. The highest BCUT2D eigenvalue weighted by Gasteiger charge is 2.48. The maximum Gasteiger partial charge on any atom is 0.335 e. The molecule has 42 heavy (non-hydrogen) atoms. The van der Waals surface area contributed by atoms with Gasteiger partial charge in [0, 0.05) is 39.3 Å². The molecule has 2 heterocycles. The van der Waals surface area contributed by atoms with Crippen LogP contribution in [0.4, 0.5) is 5.69 Å². The number of alkyl halides is 1. The smallest absolute Gasteiger partial charge is 0.335 e. The van der Waals surface area contributed by atoms with Crippen LogP contribution >= 0.6 is 22.6 Å². The van der Waals surface area contributed by atoms with Crippen molar-refractivity contribution in [1.29, 1.82) is 0 Å². The van der Waals surface area contributed by atoms with Crippen LogP contribution in [0.1, 0.15) is 31.7 Å². The molecule has 0 aliphatic carbocycles. The first kappa shape index (κ1) is 33.1. The molecule has 1 aromatic carbocycles.